The maximum atomic E-state index is 12.5. The van der Waals surface area contributed by atoms with Gasteiger partial charge in [0.2, 0.25) is 0 Å². The van der Waals surface area contributed by atoms with E-state index in [4.69, 9.17) is 5.73 Å². The number of fused-ring (bicyclic) bond motifs is 1. The molecule has 2 atom stereocenters. The van der Waals surface area contributed by atoms with Crippen molar-refractivity contribution in [1.82, 2.24) is 15.1 Å². The van der Waals surface area contributed by atoms with Crippen LogP contribution in [-0.4, -0.2) is 54.6 Å². The van der Waals surface area contributed by atoms with E-state index < -0.39 is 0 Å². The molecule has 1 aliphatic carbocycles. The van der Waals surface area contributed by atoms with E-state index in [9.17, 15) is 4.79 Å². The fourth-order valence-corrected chi connectivity index (χ4v) is 3.51. The van der Waals surface area contributed by atoms with Crippen molar-refractivity contribution in [2.45, 2.75) is 31.8 Å². The van der Waals surface area contributed by atoms with Crippen LogP contribution in [0.4, 0.5) is 4.79 Å². The average molecular weight is 302 g/mol. The van der Waals surface area contributed by atoms with Crippen molar-refractivity contribution < 1.29 is 4.79 Å². The topological polar surface area (TPSA) is 61.6 Å². The molecule has 3 N–H and O–H groups in total. The molecule has 2 amide bonds. The second-order valence-electron chi connectivity index (χ2n) is 6.26. The number of nitrogens with zero attached hydrogens (tertiary/aromatic N) is 2. The van der Waals surface area contributed by atoms with Crippen molar-refractivity contribution in [3.8, 4) is 0 Å². The molecule has 1 saturated heterocycles. The van der Waals surface area contributed by atoms with E-state index in [2.05, 4.69) is 29.3 Å². The van der Waals surface area contributed by atoms with Gasteiger partial charge in [-0.05, 0) is 37.1 Å². The Kier molecular flexibility index (Phi) is 4.64. The summed E-state index contributed by atoms with van der Waals surface area (Å²) in [5, 5.41) is 3.15. The lowest BCUT2D eigenvalue weighted by Gasteiger charge is -2.25. The normalized spacial score (nSPS) is 25.6. The second kappa shape index (κ2) is 6.67. The minimum Gasteiger partial charge on any atom is -0.333 e. The molecule has 1 aromatic carbocycles. The van der Waals surface area contributed by atoms with Gasteiger partial charge in [-0.1, -0.05) is 31.2 Å². The largest absolute Gasteiger partial charge is 0.333 e. The number of carbonyl (C=O) groups is 1. The Labute approximate surface area is 132 Å². The molecule has 5 nitrogen and oxygen atoms in total. The van der Waals surface area contributed by atoms with Gasteiger partial charge >= 0.3 is 6.03 Å². The lowest BCUT2D eigenvalue weighted by molar-refractivity contribution is 0.193. The summed E-state index contributed by atoms with van der Waals surface area (Å²) < 4.78 is 0. The highest BCUT2D eigenvalue weighted by molar-refractivity contribution is 5.75. The van der Waals surface area contributed by atoms with Crippen LogP contribution in [0.2, 0.25) is 0 Å². The van der Waals surface area contributed by atoms with Gasteiger partial charge in [0.25, 0.3) is 0 Å². The molecular weight excluding hydrogens is 276 g/mol. The zero-order valence-corrected chi connectivity index (χ0v) is 13.3. The molecule has 0 radical (unpaired) electrons. The van der Waals surface area contributed by atoms with E-state index in [-0.39, 0.29) is 18.1 Å². The summed E-state index contributed by atoms with van der Waals surface area (Å²) in [6, 6.07) is 8.16. The summed E-state index contributed by atoms with van der Waals surface area (Å²) in [5.41, 5.74) is 8.73. The summed E-state index contributed by atoms with van der Waals surface area (Å²) in [6.45, 7) is 6.89. The molecule has 0 unspecified atom stereocenters. The maximum absolute atomic E-state index is 12.5. The summed E-state index contributed by atoms with van der Waals surface area (Å²) >= 11 is 0. The summed E-state index contributed by atoms with van der Waals surface area (Å²) in [7, 11) is 0. The monoisotopic (exact) mass is 302 g/mol. The molecule has 3 rings (SSSR count). The number of carbonyl (C=O) groups excluding carboxylic acids is 1. The minimum atomic E-state index is -0.0979. The molecule has 0 bridgehead atoms. The van der Waals surface area contributed by atoms with Crippen LogP contribution in [0.3, 0.4) is 0 Å². The molecular formula is C17H26N4O. The number of nitrogens with two attached hydrogens (primary N) is 1. The Balaban J connectivity index is 1.59. The number of amides is 2. The van der Waals surface area contributed by atoms with Crippen molar-refractivity contribution in [3.05, 3.63) is 35.4 Å². The average Bonchev–Trinajstić information content (AvgIpc) is 2.73. The third-order valence-corrected chi connectivity index (χ3v) is 4.92. The first-order valence-corrected chi connectivity index (χ1v) is 8.30. The number of nitrogens with one attached hydrogen (secondary N) is 1. The predicted octanol–water partition coefficient (Wildman–Crippen LogP) is 1.35. The number of urea groups is 1. The number of benzene rings is 1. The first-order chi connectivity index (χ1) is 10.7. The van der Waals surface area contributed by atoms with E-state index in [1.165, 1.54) is 11.1 Å². The maximum Gasteiger partial charge on any atom is 0.317 e. The minimum absolute atomic E-state index is 0.00966. The van der Waals surface area contributed by atoms with Crippen LogP contribution in [0.15, 0.2) is 24.3 Å². The Morgan fingerprint density at radius 3 is 2.86 bits per heavy atom. The fraction of sp³-hybridized carbons (Fsp3) is 0.588. The molecule has 1 aliphatic heterocycles. The first-order valence-electron chi connectivity index (χ1n) is 8.30. The third kappa shape index (κ3) is 3.10. The van der Waals surface area contributed by atoms with E-state index in [0.29, 0.717) is 0 Å². The van der Waals surface area contributed by atoms with Crippen molar-refractivity contribution in [1.29, 1.82) is 0 Å². The van der Waals surface area contributed by atoms with Crippen LogP contribution >= 0.6 is 0 Å². The van der Waals surface area contributed by atoms with Crippen LogP contribution in [0.1, 0.15) is 30.5 Å². The molecule has 120 valence electrons. The number of hydrogen-bond donors (Lipinski definition) is 2. The van der Waals surface area contributed by atoms with Crippen molar-refractivity contribution in [2.24, 2.45) is 5.73 Å². The van der Waals surface area contributed by atoms with Gasteiger partial charge in [-0.15, -0.1) is 0 Å². The van der Waals surface area contributed by atoms with Crippen molar-refractivity contribution in [2.75, 3.05) is 32.7 Å². The van der Waals surface area contributed by atoms with Gasteiger partial charge in [0.1, 0.15) is 0 Å². The van der Waals surface area contributed by atoms with Gasteiger partial charge in [-0.25, -0.2) is 4.79 Å². The Bertz CT molecular complexity index is 533. The predicted molar refractivity (Wildman–Crippen MR) is 87.7 cm³/mol. The van der Waals surface area contributed by atoms with Gasteiger partial charge in [-0.3, -0.25) is 0 Å². The highest BCUT2D eigenvalue weighted by atomic mass is 16.2. The molecule has 0 saturated carbocycles. The zero-order valence-electron chi connectivity index (χ0n) is 13.3. The van der Waals surface area contributed by atoms with Crippen molar-refractivity contribution >= 4 is 6.03 Å². The number of hydrogen-bond acceptors (Lipinski definition) is 3. The molecule has 5 heteroatoms. The quantitative estimate of drug-likeness (QED) is 0.867. The molecule has 0 aromatic heterocycles. The van der Waals surface area contributed by atoms with E-state index >= 15 is 0 Å². The Morgan fingerprint density at radius 1 is 1.27 bits per heavy atom. The van der Waals surface area contributed by atoms with Crippen LogP contribution in [-0.2, 0) is 6.42 Å². The van der Waals surface area contributed by atoms with Gasteiger partial charge in [0, 0.05) is 19.6 Å². The molecule has 0 spiro atoms. The van der Waals surface area contributed by atoms with Gasteiger partial charge < -0.3 is 20.9 Å². The molecule has 1 aromatic rings. The van der Waals surface area contributed by atoms with Crippen LogP contribution in [0, 0.1) is 0 Å². The van der Waals surface area contributed by atoms with Gasteiger partial charge in [-0.2, -0.15) is 0 Å². The fourth-order valence-electron chi connectivity index (χ4n) is 3.51. The highest BCUT2D eigenvalue weighted by Crippen LogP contribution is 2.29. The smallest absolute Gasteiger partial charge is 0.317 e. The highest BCUT2D eigenvalue weighted by Gasteiger charge is 2.31. The Hall–Kier alpha value is -1.59. The van der Waals surface area contributed by atoms with Gasteiger partial charge in [0.15, 0.2) is 0 Å². The van der Waals surface area contributed by atoms with E-state index in [1.54, 1.807) is 0 Å². The molecule has 22 heavy (non-hydrogen) atoms. The summed E-state index contributed by atoms with van der Waals surface area (Å²) in [6.07, 6.45) is 1.87. The van der Waals surface area contributed by atoms with Crippen LogP contribution in [0.25, 0.3) is 0 Å². The number of rotatable bonds is 2. The standard InChI is InChI=1S/C17H26N4O/c1-2-20-8-5-9-21(11-10-20)17(22)19-15-12-13-6-3-4-7-14(13)16(15)18/h3-4,6-7,15-16H,2,5,8-12,18H2,1H3,(H,19,22)/t15-,16-/m1/s1. The summed E-state index contributed by atoms with van der Waals surface area (Å²) in [4.78, 5) is 16.9. The van der Waals surface area contributed by atoms with Crippen LogP contribution < -0.4 is 11.1 Å². The molecule has 2 aliphatic rings. The van der Waals surface area contributed by atoms with E-state index in [0.717, 1.165) is 45.6 Å². The van der Waals surface area contributed by atoms with Crippen molar-refractivity contribution in [3.63, 3.8) is 0 Å². The lowest BCUT2D eigenvalue weighted by Crippen LogP contribution is -2.48. The molecule has 1 heterocycles. The SMILES string of the molecule is CCN1CCCN(C(=O)N[C@@H]2Cc3ccccc3[C@H]2N)CC1. The van der Waals surface area contributed by atoms with E-state index in [1.807, 2.05) is 17.0 Å². The second-order valence-corrected chi connectivity index (χ2v) is 6.26. The first kappa shape index (κ1) is 15.3. The third-order valence-electron chi connectivity index (χ3n) is 4.92. The van der Waals surface area contributed by atoms with Gasteiger partial charge in [0.05, 0.1) is 12.1 Å². The molecule has 1 fully saturated rings. The van der Waals surface area contributed by atoms with Crippen LogP contribution in [0.5, 0.6) is 0 Å². The Morgan fingerprint density at radius 2 is 2.09 bits per heavy atom. The lowest BCUT2D eigenvalue weighted by atomic mass is 10.1. The number of likely N-dealkylation sites (N-methyl/N-ethyl adjacent to an activating group) is 1. The zero-order chi connectivity index (χ0) is 15.5. The summed E-state index contributed by atoms with van der Waals surface area (Å²) in [5.74, 6) is 0.